The second kappa shape index (κ2) is 14.7. The lowest BCUT2D eigenvalue weighted by Crippen LogP contribution is -2.54. The van der Waals surface area contributed by atoms with Crippen molar-refractivity contribution in [1.82, 2.24) is 10.2 Å². The lowest BCUT2D eigenvalue weighted by Gasteiger charge is -2.34. The fourth-order valence-electron chi connectivity index (χ4n) is 4.92. The van der Waals surface area contributed by atoms with Gasteiger partial charge in [-0.25, -0.2) is 8.42 Å². The second-order valence-corrected chi connectivity index (χ2v) is 12.7. The van der Waals surface area contributed by atoms with Gasteiger partial charge in [-0.3, -0.25) is 13.9 Å². The van der Waals surface area contributed by atoms with E-state index in [0.29, 0.717) is 5.75 Å². The Morgan fingerprint density at radius 2 is 1.48 bits per heavy atom. The number of aryl methyl sites for hydroxylation is 1. The third-order valence-electron chi connectivity index (χ3n) is 7.26. The van der Waals surface area contributed by atoms with Crippen LogP contribution in [0.2, 0.25) is 0 Å². The van der Waals surface area contributed by atoms with E-state index in [9.17, 15) is 18.0 Å². The van der Waals surface area contributed by atoms with Crippen LogP contribution in [-0.2, 0) is 32.6 Å². The predicted molar refractivity (Wildman–Crippen MR) is 173 cm³/mol. The van der Waals surface area contributed by atoms with Gasteiger partial charge < -0.3 is 15.0 Å². The first-order chi connectivity index (χ1) is 21.1. The SMILES string of the molecule is COc1cccc(N(CC(=O)N(Cc2ccccc2C)C(Cc2ccccc2)C(=O)NC(C)C)S(=O)(=O)c2ccccc2)c1. The molecule has 230 valence electrons. The number of amides is 2. The number of hydrogen-bond donors (Lipinski definition) is 1. The quantitative estimate of drug-likeness (QED) is 0.219. The molecule has 4 rings (SSSR count). The Balaban J connectivity index is 1.82. The summed E-state index contributed by atoms with van der Waals surface area (Å²) in [5, 5.41) is 2.97. The molecule has 8 nitrogen and oxygen atoms in total. The van der Waals surface area contributed by atoms with Gasteiger partial charge in [0.2, 0.25) is 11.8 Å². The van der Waals surface area contributed by atoms with Gasteiger partial charge in [0.25, 0.3) is 10.0 Å². The maximum absolute atomic E-state index is 14.5. The fraction of sp³-hybridized carbons (Fsp3) is 0.257. The average Bonchev–Trinajstić information content (AvgIpc) is 3.02. The molecule has 1 unspecified atom stereocenters. The normalized spacial score (nSPS) is 11.9. The summed E-state index contributed by atoms with van der Waals surface area (Å²) in [5.74, 6) is -0.390. The first-order valence-electron chi connectivity index (χ1n) is 14.5. The summed E-state index contributed by atoms with van der Waals surface area (Å²) < 4.78 is 34.6. The molecule has 0 spiro atoms. The van der Waals surface area contributed by atoms with Crippen molar-refractivity contribution >= 4 is 27.5 Å². The Labute approximate surface area is 260 Å². The molecule has 0 aromatic heterocycles. The Morgan fingerprint density at radius 1 is 0.841 bits per heavy atom. The highest BCUT2D eigenvalue weighted by Gasteiger charge is 2.35. The second-order valence-electron chi connectivity index (χ2n) is 10.8. The van der Waals surface area contributed by atoms with Gasteiger partial charge in [0, 0.05) is 25.1 Å². The van der Waals surface area contributed by atoms with Gasteiger partial charge in [0.15, 0.2) is 0 Å². The van der Waals surface area contributed by atoms with E-state index in [-0.39, 0.29) is 35.5 Å². The van der Waals surface area contributed by atoms with Crippen molar-refractivity contribution in [1.29, 1.82) is 0 Å². The van der Waals surface area contributed by atoms with Gasteiger partial charge in [-0.2, -0.15) is 0 Å². The van der Waals surface area contributed by atoms with Crippen LogP contribution in [-0.4, -0.2) is 50.9 Å². The molecule has 0 radical (unpaired) electrons. The van der Waals surface area contributed by atoms with Gasteiger partial charge in [-0.1, -0.05) is 78.9 Å². The molecule has 0 aliphatic rings. The molecule has 0 aliphatic carbocycles. The number of rotatable bonds is 13. The molecule has 0 saturated heterocycles. The topological polar surface area (TPSA) is 96.0 Å². The number of nitrogens with zero attached hydrogens (tertiary/aromatic N) is 2. The molecule has 0 bridgehead atoms. The van der Waals surface area contributed by atoms with Gasteiger partial charge >= 0.3 is 0 Å². The summed E-state index contributed by atoms with van der Waals surface area (Å²) in [6.07, 6.45) is 0.252. The zero-order valence-corrected chi connectivity index (χ0v) is 26.3. The molecule has 4 aromatic carbocycles. The van der Waals surface area contributed by atoms with Crippen LogP contribution in [0.15, 0.2) is 114 Å². The summed E-state index contributed by atoms with van der Waals surface area (Å²) in [4.78, 5) is 29.8. The number of carbonyl (C=O) groups excluding carboxylic acids is 2. The lowest BCUT2D eigenvalue weighted by molar-refractivity contribution is -0.140. The van der Waals surface area contributed by atoms with Crippen LogP contribution >= 0.6 is 0 Å². The van der Waals surface area contributed by atoms with Crippen molar-refractivity contribution in [2.45, 2.75) is 50.7 Å². The molecule has 0 fully saturated rings. The first-order valence-corrected chi connectivity index (χ1v) is 15.9. The Kier molecular flexibility index (Phi) is 10.8. The number of anilines is 1. The maximum Gasteiger partial charge on any atom is 0.264 e. The first kappa shape index (κ1) is 32.3. The zero-order chi connectivity index (χ0) is 31.7. The number of hydrogen-bond acceptors (Lipinski definition) is 5. The number of nitrogens with one attached hydrogen (secondary N) is 1. The van der Waals surface area contributed by atoms with Crippen LogP contribution in [0.25, 0.3) is 0 Å². The molecular formula is C35H39N3O5S. The highest BCUT2D eigenvalue weighted by molar-refractivity contribution is 7.92. The summed E-state index contributed by atoms with van der Waals surface area (Å²) in [6, 6.07) is 30.6. The minimum atomic E-state index is -4.18. The van der Waals surface area contributed by atoms with Gasteiger partial charge in [0.1, 0.15) is 18.3 Å². The summed E-state index contributed by atoms with van der Waals surface area (Å²) in [6.45, 7) is 5.26. The third-order valence-corrected chi connectivity index (χ3v) is 9.04. The van der Waals surface area contributed by atoms with E-state index in [1.807, 2.05) is 75.4 Å². The number of sulfonamides is 1. The molecule has 1 atom stereocenters. The number of methoxy groups -OCH3 is 1. The Bertz CT molecular complexity index is 1660. The van der Waals surface area contributed by atoms with E-state index < -0.39 is 28.5 Å². The van der Waals surface area contributed by atoms with Crippen LogP contribution in [0.1, 0.15) is 30.5 Å². The predicted octanol–water partition coefficient (Wildman–Crippen LogP) is 5.36. The monoisotopic (exact) mass is 613 g/mol. The Hall–Kier alpha value is -4.63. The molecule has 0 saturated carbocycles. The molecule has 0 heterocycles. The molecule has 0 aliphatic heterocycles. The van der Waals surface area contributed by atoms with Crippen molar-refractivity contribution in [3.63, 3.8) is 0 Å². The molecule has 9 heteroatoms. The van der Waals surface area contributed by atoms with Crippen LogP contribution in [0.4, 0.5) is 5.69 Å². The van der Waals surface area contributed by atoms with Crippen LogP contribution in [0, 0.1) is 6.92 Å². The lowest BCUT2D eigenvalue weighted by atomic mass is 10.0. The number of ether oxygens (including phenoxy) is 1. The average molecular weight is 614 g/mol. The van der Waals surface area contributed by atoms with Crippen molar-refractivity contribution < 1.29 is 22.7 Å². The minimum Gasteiger partial charge on any atom is -0.497 e. The third kappa shape index (κ3) is 8.05. The van der Waals surface area contributed by atoms with Crippen LogP contribution < -0.4 is 14.4 Å². The maximum atomic E-state index is 14.5. The van der Waals surface area contributed by atoms with E-state index in [1.165, 1.54) is 24.1 Å². The summed E-state index contributed by atoms with van der Waals surface area (Å²) in [7, 11) is -2.69. The summed E-state index contributed by atoms with van der Waals surface area (Å²) >= 11 is 0. The van der Waals surface area contributed by atoms with Crippen molar-refractivity contribution in [3.05, 3.63) is 126 Å². The van der Waals surface area contributed by atoms with E-state index in [4.69, 9.17) is 4.74 Å². The van der Waals surface area contributed by atoms with Crippen molar-refractivity contribution in [2.24, 2.45) is 0 Å². The van der Waals surface area contributed by atoms with Crippen LogP contribution in [0.3, 0.4) is 0 Å². The van der Waals surface area contributed by atoms with E-state index in [0.717, 1.165) is 21.0 Å². The standard InChI is InChI=1S/C35H39N3O5S/c1-26(2)36-35(40)33(22-28-15-7-5-8-16-28)37(24-29-17-12-11-14-27(29)3)34(39)25-38(30-18-13-19-31(23-30)43-4)44(41,42)32-20-9-6-10-21-32/h5-21,23,26,33H,22,24-25H2,1-4H3,(H,36,40). The largest absolute Gasteiger partial charge is 0.497 e. The fourth-order valence-corrected chi connectivity index (χ4v) is 6.35. The zero-order valence-electron chi connectivity index (χ0n) is 25.5. The molecular weight excluding hydrogens is 574 g/mol. The van der Waals surface area contributed by atoms with Gasteiger partial charge in [0.05, 0.1) is 17.7 Å². The summed E-state index contributed by atoms with van der Waals surface area (Å²) in [5.41, 5.74) is 2.95. The highest BCUT2D eigenvalue weighted by Crippen LogP contribution is 2.28. The van der Waals surface area contributed by atoms with E-state index >= 15 is 0 Å². The van der Waals surface area contributed by atoms with E-state index in [1.54, 1.807) is 42.5 Å². The van der Waals surface area contributed by atoms with Crippen LogP contribution in [0.5, 0.6) is 5.75 Å². The van der Waals surface area contributed by atoms with Gasteiger partial charge in [-0.05, 0) is 61.7 Å². The number of benzene rings is 4. The Morgan fingerprint density at radius 3 is 2.11 bits per heavy atom. The minimum absolute atomic E-state index is 0.0412. The van der Waals surface area contributed by atoms with Crippen molar-refractivity contribution in [3.8, 4) is 5.75 Å². The highest BCUT2D eigenvalue weighted by atomic mass is 32.2. The van der Waals surface area contributed by atoms with Crippen molar-refractivity contribution in [2.75, 3.05) is 18.0 Å². The molecule has 1 N–H and O–H groups in total. The molecule has 2 amide bonds. The number of carbonyl (C=O) groups is 2. The smallest absolute Gasteiger partial charge is 0.264 e. The molecule has 44 heavy (non-hydrogen) atoms. The van der Waals surface area contributed by atoms with E-state index in [2.05, 4.69) is 5.32 Å². The van der Waals surface area contributed by atoms with Gasteiger partial charge in [-0.15, -0.1) is 0 Å². The molecule has 4 aromatic rings.